The van der Waals surface area contributed by atoms with E-state index in [1.54, 1.807) is 6.07 Å². The van der Waals surface area contributed by atoms with Crippen LogP contribution in [-0.4, -0.2) is 33.7 Å². The Kier molecular flexibility index (Phi) is 3.95. The molecule has 2 N–H and O–H groups in total. The molecular formula is C13H10BrClN4O3S. The molecular weight excluding hydrogens is 408 g/mol. The van der Waals surface area contributed by atoms with Gasteiger partial charge in [-0.3, -0.25) is 0 Å². The standard InChI is InChI=1S/C13H10BrClN4O3S/c1-23(21,22)19-5-4-7-10(20)3-2-9(11(7)19)17-12-8(14)6-16-13(15)18-12/h2-6,20H,1H3,(H,16,17,18). The first-order valence-corrected chi connectivity index (χ1v) is 9.28. The maximum atomic E-state index is 11.9. The van der Waals surface area contributed by atoms with Crippen LogP contribution in [0.3, 0.4) is 0 Å². The van der Waals surface area contributed by atoms with Crippen molar-refractivity contribution in [3.63, 3.8) is 0 Å². The van der Waals surface area contributed by atoms with Crippen LogP contribution in [0.1, 0.15) is 0 Å². The Morgan fingerprint density at radius 3 is 2.78 bits per heavy atom. The van der Waals surface area contributed by atoms with Crippen molar-refractivity contribution < 1.29 is 13.5 Å². The third-order valence-corrected chi connectivity index (χ3v) is 4.90. The number of aromatic hydroxyl groups is 1. The Bertz CT molecular complexity index is 1020. The van der Waals surface area contributed by atoms with E-state index in [4.69, 9.17) is 11.6 Å². The molecule has 2 aromatic heterocycles. The molecule has 0 aliphatic rings. The first-order valence-electron chi connectivity index (χ1n) is 6.26. The van der Waals surface area contributed by atoms with Crippen LogP contribution >= 0.6 is 27.5 Å². The molecule has 0 amide bonds. The second-order valence-electron chi connectivity index (χ2n) is 4.73. The zero-order chi connectivity index (χ0) is 16.8. The first kappa shape index (κ1) is 16.0. The predicted octanol–water partition coefficient (Wildman–Crippen LogP) is 3.10. The summed E-state index contributed by atoms with van der Waals surface area (Å²) in [6.45, 7) is 0. The van der Waals surface area contributed by atoms with Crippen molar-refractivity contribution in [3.8, 4) is 5.75 Å². The van der Waals surface area contributed by atoms with Gasteiger partial charge < -0.3 is 10.4 Å². The van der Waals surface area contributed by atoms with Gasteiger partial charge >= 0.3 is 0 Å². The normalized spacial score (nSPS) is 11.8. The van der Waals surface area contributed by atoms with Crippen LogP contribution in [0.4, 0.5) is 11.5 Å². The lowest BCUT2D eigenvalue weighted by atomic mass is 10.2. The van der Waals surface area contributed by atoms with Gasteiger partial charge in [0.25, 0.3) is 0 Å². The minimum absolute atomic E-state index is 0.0206. The fourth-order valence-electron chi connectivity index (χ4n) is 2.15. The number of benzene rings is 1. The minimum Gasteiger partial charge on any atom is -0.507 e. The number of nitrogens with zero attached hydrogens (tertiary/aromatic N) is 3. The zero-order valence-electron chi connectivity index (χ0n) is 11.7. The van der Waals surface area contributed by atoms with E-state index in [-0.39, 0.29) is 11.0 Å². The predicted molar refractivity (Wildman–Crippen MR) is 91.9 cm³/mol. The van der Waals surface area contributed by atoms with Gasteiger partial charge in [-0.25, -0.2) is 17.4 Å². The monoisotopic (exact) mass is 416 g/mol. The second-order valence-corrected chi connectivity index (χ2v) is 7.78. The van der Waals surface area contributed by atoms with E-state index in [9.17, 15) is 13.5 Å². The van der Waals surface area contributed by atoms with Crippen LogP contribution in [0, 0.1) is 0 Å². The molecule has 23 heavy (non-hydrogen) atoms. The molecule has 0 saturated heterocycles. The largest absolute Gasteiger partial charge is 0.507 e. The minimum atomic E-state index is -3.54. The highest BCUT2D eigenvalue weighted by Gasteiger charge is 2.17. The van der Waals surface area contributed by atoms with Crippen molar-refractivity contribution in [1.29, 1.82) is 0 Å². The number of hydrogen-bond donors (Lipinski definition) is 2. The fourth-order valence-corrected chi connectivity index (χ4v) is 3.39. The molecule has 3 aromatic rings. The molecule has 0 radical (unpaired) electrons. The van der Waals surface area contributed by atoms with Crippen LogP contribution in [-0.2, 0) is 10.0 Å². The summed E-state index contributed by atoms with van der Waals surface area (Å²) in [4.78, 5) is 7.88. The zero-order valence-corrected chi connectivity index (χ0v) is 14.8. The van der Waals surface area contributed by atoms with E-state index < -0.39 is 10.0 Å². The van der Waals surface area contributed by atoms with E-state index in [2.05, 4.69) is 31.2 Å². The summed E-state index contributed by atoms with van der Waals surface area (Å²) in [6, 6.07) is 4.55. The van der Waals surface area contributed by atoms with Gasteiger partial charge in [0.1, 0.15) is 11.6 Å². The van der Waals surface area contributed by atoms with Crippen molar-refractivity contribution >= 4 is 60.0 Å². The van der Waals surface area contributed by atoms with Gasteiger partial charge in [0.05, 0.1) is 21.9 Å². The summed E-state index contributed by atoms with van der Waals surface area (Å²) in [6.07, 6.45) is 3.94. The average molecular weight is 418 g/mol. The molecule has 120 valence electrons. The van der Waals surface area contributed by atoms with Gasteiger partial charge in [0.2, 0.25) is 15.3 Å². The maximum Gasteiger partial charge on any atom is 0.236 e. The van der Waals surface area contributed by atoms with Crippen LogP contribution in [0.5, 0.6) is 5.75 Å². The molecule has 0 aliphatic heterocycles. The van der Waals surface area contributed by atoms with Gasteiger partial charge in [0, 0.05) is 17.8 Å². The van der Waals surface area contributed by atoms with Crippen molar-refractivity contribution in [2.24, 2.45) is 0 Å². The Hall–Kier alpha value is -1.84. The Balaban J connectivity index is 2.24. The van der Waals surface area contributed by atoms with Crippen molar-refractivity contribution in [1.82, 2.24) is 13.9 Å². The summed E-state index contributed by atoms with van der Waals surface area (Å²) in [7, 11) is -3.54. The van der Waals surface area contributed by atoms with E-state index in [0.717, 1.165) is 10.2 Å². The summed E-state index contributed by atoms with van der Waals surface area (Å²) in [5, 5.41) is 13.4. The summed E-state index contributed by atoms with van der Waals surface area (Å²) >= 11 is 9.08. The molecule has 1 aromatic carbocycles. The van der Waals surface area contributed by atoms with Crippen LogP contribution in [0.15, 0.2) is 35.1 Å². The number of fused-ring (bicyclic) bond motifs is 1. The Morgan fingerprint density at radius 2 is 2.09 bits per heavy atom. The third-order valence-electron chi connectivity index (χ3n) is 3.12. The Morgan fingerprint density at radius 1 is 1.35 bits per heavy atom. The summed E-state index contributed by atoms with van der Waals surface area (Å²) < 4.78 is 25.5. The first-order chi connectivity index (χ1) is 10.8. The summed E-state index contributed by atoms with van der Waals surface area (Å²) in [5.41, 5.74) is 0.762. The smallest absolute Gasteiger partial charge is 0.236 e. The number of rotatable bonds is 3. The molecule has 10 heteroatoms. The molecule has 0 aliphatic carbocycles. The molecule has 0 saturated carbocycles. The maximum absolute atomic E-state index is 11.9. The third kappa shape index (κ3) is 2.99. The quantitative estimate of drug-likeness (QED) is 0.502. The molecule has 7 nitrogen and oxygen atoms in total. The number of hydrogen-bond acceptors (Lipinski definition) is 6. The molecule has 0 atom stereocenters. The number of phenols is 1. The highest BCUT2D eigenvalue weighted by atomic mass is 79.9. The fraction of sp³-hybridized carbons (Fsp3) is 0.0769. The Labute approximate surface area is 145 Å². The molecule has 2 heterocycles. The van der Waals surface area contributed by atoms with Crippen molar-refractivity contribution in [3.05, 3.63) is 40.3 Å². The van der Waals surface area contributed by atoms with E-state index >= 15 is 0 Å². The SMILES string of the molecule is CS(=O)(=O)n1ccc2c(O)ccc(Nc3nc(Cl)ncc3Br)c21. The second kappa shape index (κ2) is 5.66. The van der Waals surface area contributed by atoms with Crippen LogP contribution in [0.25, 0.3) is 10.9 Å². The van der Waals surface area contributed by atoms with Gasteiger partial charge in [0.15, 0.2) is 0 Å². The van der Waals surface area contributed by atoms with Crippen LogP contribution < -0.4 is 5.32 Å². The average Bonchev–Trinajstić information content (AvgIpc) is 2.92. The van der Waals surface area contributed by atoms with Gasteiger partial charge in [-0.1, -0.05) is 0 Å². The molecule has 0 bridgehead atoms. The number of nitrogens with one attached hydrogen (secondary N) is 1. The lowest BCUT2D eigenvalue weighted by molar-refractivity contribution is 0.482. The van der Waals surface area contributed by atoms with E-state index in [0.29, 0.717) is 26.9 Å². The number of phenolic OH excluding ortho intramolecular Hbond substituents is 1. The molecule has 0 spiro atoms. The number of halogens is 2. The summed E-state index contributed by atoms with van der Waals surface area (Å²) in [5.74, 6) is 0.353. The number of aromatic nitrogens is 3. The van der Waals surface area contributed by atoms with Gasteiger partial charge in [-0.15, -0.1) is 0 Å². The molecule has 0 unspecified atom stereocenters. The highest BCUT2D eigenvalue weighted by molar-refractivity contribution is 9.10. The lowest BCUT2D eigenvalue weighted by Gasteiger charge is -2.12. The highest BCUT2D eigenvalue weighted by Crippen LogP contribution is 2.35. The lowest BCUT2D eigenvalue weighted by Crippen LogP contribution is -2.09. The van der Waals surface area contributed by atoms with Crippen molar-refractivity contribution in [2.45, 2.75) is 0 Å². The van der Waals surface area contributed by atoms with Gasteiger partial charge in [-0.05, 0) is 45.7 Å². The van der Waals surface area contributed by atoms with Crippen molar-refractivity contribution in [2.75, 3.05) is 11.6 Å². The molecule has 3 rings (SSSR count). The number of anilines is 2. The van der Waals surface area contributed by atoms with Gasteiger partial charge in [-0.2, -0.15) is 4.98 Å². The molecule has 0 fully saturated rings. The van der Waals surface area contributed by atoms with E-state index in [1.165, 1.54) is 24.5 Å². The van der Waals surface area contributed by atoms with E-state index in [1.807, 2.05) is 0 Å². The van der Waals surface area contributed by atoms with Crippen LogP contribution in [0.2, 0.25) is 5.28 Å². The topological polar surface area (TPSA) is 97.1 Å².